The maximum absolute atomic E-state index is 14.7. The van der Waals surface area contributed by atoms with E-state index in [1.807, 2.05) is 6.92 Å². The summed E-state index contributed by atoms with van der Waals surface area (Å²) in [5.74, 6) is 4.11. The van der Waals surface area contributed by atoms with Crippen LogP contribution in [0.4, 0.5) is 8.78 Å². The van der Waals surface area contributed by atoms with E-state index in [0.29, 0.717) is 24.5 Å². The van der Waals surface area contributed by atoms with Crippen molar-refractivity contribution in [1.82, 2.24) is 0 Å². The molecule has 0 spiro atoms. The topological polar surface area (TPSA) is 9.23 Å². The van der Waals surface area contributed by atoms with Gasteiger partial charge in [-0.3, -0.25) is 0 Å². The van der Waals surface area contributed by atoms with Gasteiger partial charge in [-0.15, -0.1) is 0 Å². The van der Waals surface area contributed by atoms with Crippen molar-refractivity contribution in [1.29, 1.82) is 0 Å². The first kappa shape index (κ1) is 26.9. The summed E-state index contributed by atoms with van der Waals surface area (Å²) in [5, 5.41) is 0. The van der Waals surface area contributed by atoms with Gasteiger partial charge < -0.3 is 4.74 Å². The molecule has 3 fully saturated rings. The largest absolute Gasteiger partial charge is 0.491 e. The first-order chi connectivity index (χ1) is 17.0. The molecule has 1 aromatic rings. The molecule has 35 heavy (non-hydrogen) atoms. The fraction of sp³-hybridized carbons (Fsp3) is 0.812. The fourth-order valence-electron chi connectivity index (χ4n) is 8.07. The molecule has 0 aromatic heterocycles. The van der Waals surface area contributed by atoms with Gasteiger partial charge in [0.15, 0.2) is 11.6 Å². The summed E-state index contributed by atoms with van der Waals surface area (Å²) in [7, 11) is 0. The lowest BCUT2D eigenvalue weighted by Crippen LogP contribution is -2.29. The highest BCUT2D eigenvalue weighted by Gasteiger charge is 2.34. The van der Waals surface area contributed by atoms with Crippen molar-refractivity contribution in [3.8, 4) is 5.75 Å². The Balaban J connectivity index is 1.18. The molecule has 0 saturated heterocycles. The summed E-state index contributed by atoms with van der Waals surface area (Å²) in [4.78, 5) is 0. The van der Waals surface area contributed by atoms with Gasteiger partial charge in [-0.05, 0) is 131 Å². The van der Waals surface area contributed by atoms with Gasteiger partial charge in [-0.1, -0.05) is 45.4 Å². The van der Waals surface area contributed by atoms with E-state index in [4.69, 9.17) is 4.74 Å². The van der Waals surface area contributed by atoms with Gasteiger partial charge in [0.05, 0.1) is 6.61 Å². The van der Waals surface area contributed by atoms with Gasteiger partial charge in [0, 0.05) is 0 Å². The third-order valence-corrected chi connectivity index (χ3v) is 10.2. The van der Waals surface area contributed by atoms with Crippen molar-refractivity contribution in [3.05, 3.63) is 28.8 Å². The smallest absolute Gasteiger partial charge is 0.200 e. The Kier molecular flexibility index (Phi) is 9.93. The molecule has 0 N–H and O–H groups in total. The molecular weight excluding hydrogens is 438 g/mol. The van der Waals surface area contributed by atoms with Gasteiger partial charge in [-0.25, -0.2) is 4.39 Å². The second-order valence-corrected chi connectivity index (χ2v) is 12.3. The molecule has 3 aliphatic rings. The van der Waals surface area contributed by atoms with E-state index in [9.17, 15) is 8.78 Å². The second kappa shape index (κ2) is 12.9. The van der Waals surface area contributed by atoms with E-state index in [1.54, 1.807) is 13.0 Å². The number of hydrogen-bond donors (Lipinski definition) is 0. The summed E-state index contributed by atoms with van der Waals surface area (Å²) in [6.45, 7) is 6.36. The van der Waals surface area contributed by atoms with Crippen LogP contribution >= 0.6 is 0 Å². The van der Waals surface area contributed by atoms with Gasteiger partial charge in [0.25, 0.3) is 0 Å². The minimum Gasteiger partial charge on any atom is -0.491 e. The lowest BCUT2D eigenvalue weighted by Gasteiger charge is -2.41. The molecule has 0 radical (unpaired) electrons. The molecule has 0 heterocycles. The van der Waals surface area contributed by atoms with Crippen molar-refractivity contribution < 1.29 is 13.5 Å². The zero-order chi connectivity index (χ0) is 24.8. The fourth-order valence-corrected chi connectivity index (χ4v) is 8.07. The number of benzene rings is 1. The quantitative estimate of drug-likeness (QED) is 0.336. The Labute approximate surface area is 213 Å². The van der Waals surface area contributed by atoms with Crippen molar-refractivity contribution in [2.75, 3.05) is 6.61 Å². The summed E-state index contributed by atoms with van der Waals surface area (Å²) < 4.78 is 34.3. The molecule has 0 unspecified atom stereocenters. The molecule has 1 aromatic carbocycles. The Morgan fingerprint density at radius 1 is 0.686 bits per heavy atom. The van der Waals surface area contributed by atoms with Crippen molar-refractivity contribution in [3.63, 3.8) is 0 Å². The van der Waals surface area contributed by atoms with Crippen LogP contribution in [0.25, 0.3) is 0 Å². The van der Waals surface area contributed by atoms with Crippen LogP contribution in [0, 0.1) is 54.1 Å². The number of halogens is 2. The van der Waals surface area contributed by atoms with Crippen molar-refractivity contribution >= 4 is 0 Å². The van der Waals surface area contributed by atoms with Crippen LogP contribution in [0.2, 0.25) is 0 Å². The molecule has 0 amide bonds. The predicted octanol–water partition coefficient (Wildman–Crippen LogP) is 9.82. The Morgan fingerprint density at radius 2 is 1.14 bits per heavy atom. The first-order valence-corrected chi connectivity index (χ1v) is 15.1. The van der Waals surface area contributed by atoms with Gasteiger partial charge >= 0.3 is 0 Å². The summed E-state index contributed by atoms with van der Waals surface area (Å²) in [5.41, 5.74) is 1.37. The minimum absolute atomic E-state index is 0.0469. The maximum Gasteiger partial charge on any atom is 0.200 e. The number of hydrogen-bond acceptors (Lipinski definition) is 1. The van der Waals surface area contributed by atoms with E-state index in [-0.39, 0.29) is 5.75 Å². The predicted molar refractivity (Wildman–Crippen MR) is 142 cm³/mol. The van der Waals surface area contributed by atoms with E-state index < -0.39 is 11.6 Å². The maximum atomic E-state index is 14.7. The van der Waals surface area contributed by atoms with Crippen LogP contribution in [0.3, 0.4) is 0 Å². The molecule has 198 valence electrons. The van der Waals surface area contributed by atoms with Crippen LogP contribution in [0.1, 0.15) is 121 Å². The molecule has 3 aliphatic carbocycles. The highest BCUT2D eigenvalue weighted by molar-refractivity contribution is 5.38. The summed E-state index contributed by atoms with van der Waals surface area (Å²) in [6.07, 6.45) is 21.6. The molecule has 0 atom stereocenters. The molecule has 0 aliphatic heterocycles. The molecule has 4 rings (SSSR count). The van der Waals surface area contributed by atoms with Crippen LogP contribution in [-0.4, -0.2) is 6.61 Å². The van der Waals surface area contributed by atoms with Crippen molar-refractivity contribution in [2.45, 2.75) is 124 Å². The molecular formula is C32H50F2O. The average molecular weight is 489 g/mol. The molecule has 3 saturated carbocycles. The van der Waals surface area contributed by atoms with Crippen LogP contribution in [0.15, 0.2) is 6.07 Å². The Morgan fingerprint density at radius 3 is 1.60 bits per heavy atom. The van der Waals surface area contributed by atoms with Gasteiger partial charge in [-0.2, -0.15) is 4.39 Å². The molecule has 1 nitrogen and oxygen atoms in total. The van der Waals surface area contributed by atoms with Crippen LogP contribution in [0.5, 0.6) is 5.75 Å². The van der Waals surface area contributed by atoms with E-state index in [2.05, 4.69) is 6.92 Å². The third-order valence-electron chi connectivity index (χ3n) is 10.2. The highest BCUT2D eigenvalue weighted by atomic mass is 19.2. The van der Waals surface area contributed by atoms with E-state index in [1.165, 1.54) is 89.9 Å². The summed E-state index contributed by atoms with van der Waals surface area (Å²) in [6, 6.07) is 1.67. The normalized spacial score (nSPS) is 31.9. The van der Waals surface area contributed by atoms with Crippen molar-refractivity contribution in [2.24, 2.45) is 35.5 Å². The zero-order valence-electron chi connectivity index (χ0n) is 22.7. The lowest BCUT2D eigenvalue weighted by molar-refractivity contribution is 0.102. The SMILES string of the molecule is CCCC1CCC(C2CCC(C3CCC(CCc4c(C)cc(OCC)c(F)c4F)CC3)CC2)CC1. The van der Waals surface area contributed by atoms with Crippen LogP contribution < -0.4 is 4.74 Å². The summed E-state index contributed by atoms with van der Waals surface area (Å²) >= 11 is 0. The zero-order valence-corrected chi connectivity index (χ0v) is 22.7. The molecule has 3 heteroatoms. The monoisotopic (exact) mass is 488 g/mol. The Bertz CT molecular complexity index is 781. The standard InChI is InChI=1S/C32H50F2O/c1-4-6-23-7-12-25(13-8-23)27-16-18-28(19-17-27)26-14-9-24(10-15-26)11-20-29-22(3)21-30(35-5-2)32(34)31(29)33/h21,23-28H,4-20H2,1-3H3. The highest BCUT2D eigenvalue weighted by Crippen LogP contribution is 2.46. The third kappa shape index (κ3) is 6.80. The van der Waals surface area contributed by atoms with Crippen LogP contribution in [-0.2, 0) is 6.42 Å². The minimum atomic E-state index is -0.819. The Hall–Kier alpha value is -1.12. The lowest BCUT2D eigenvalue weighted by atomic mass is 9.64. The average Bonchev–Trinajstić information content (AvgIpc) is 2.88. The van der Waals surface area contributed by atoms with Gasteiger partial charge in [0.2, 0.25) is 5.82 Å². The van der Waals surface area contributed by atoms with E-state index >= 15 is 0 Å². The second-order valence-electron chi connectivity index (χ2n) is 12.3. The number of aryl methyl sites for hydroxylation is 1. The van der Waals surface area contributed by atoms with Gasteiger partial charge in [0.1, 0.15) is 0 Å². The molecule has 0 bridgehead atoms. The number of rotatable bonds is 9. The van der Waals surface area contributed by atoms with E-state index in [0.717, 1.165) is 41.6 Å². The first-order valence-electron chi connectivity index (χ1n) is 15.1. The number of ether oxygens (including phenoxy) is 1.